The molecule has 0 aliphatic carbocycles. The van der Waals surface area contributed by atoms with Crippen LogP contribution in [0.2, 0.25) is 0 Å². The fourth-order valence-electron chi connectivity index (χ4n) is 4.42. The number of ether oxygens (including phenoxy) is 6. The summed E-state index contributed by atoms with van der Waals surface area (Å²) in [5.74, 6) is 5.15. The van der Waals surface area contributed by atoms with Gasteiger partial charge < -0.3 is 33.5 Å². The van der Waals surface area contributed by atoms with Crippen molar-refractivity contribution >= 4 is 5.97 Å². The molecule has 0 bridgehead atoms. The van der Waals surface area contributed by atoms with Crippen molar-refractivity contribution in [3.05, 3.63) is 96.7 Å². The van der Waals surface area contributed by atoms with E-state index in [1.165, 1.54) is 13.2 Å². The molecule has 1 aromatic carbocycles. The molecule has 0 saturated carbocycles. The Morgan fingerprint density at radius 3 is 2.60 bits per heavy atom. The maximum atomic E-state index is 11.2. The van der Waals surface area contributed by atoms with Crippen LogP contribution < -0.4 is 0 Å². The number of carbonyl (C=O) groups excluding carboxylic acids is 1. The molecule has 1 aliphatic heterocycles. The number of unbranched alkanes of at least 4 members (excludes halogenated alkanes) is 1. The summed E-state index contributed by atoms with van der Waals surface area (Å²) in [6.45, 7) is 6.14. The number of carbonyl (C=O) groups is 1. The molecule has 1 aromatic rings. The molecule has 0 spiro atoms. The van der Waals surface area contributed by atoms with E-state index < -0.39 is 17.9 Å². The van der Waals surface area contributed by atoms with Crippen LogP contribution in [-0.2, 0) is 39.8 Å². The average Bonchev–Trinajstić information content (AvgIpc) is 3.01. The Bertz CT molecular complexity index is 1170. The number of aliphatic hydroxyl groups is 1. The van der Waals surface area contributed by atoms with Gasteiger partial charge in [-0.15, -0.1) is 0 Å². The predicted molar refractivity (Wildman–Crippen MR) is 176 cm³/mol. The third kappa shape index (κ3) is 17.7. The van der Waals surface area contributed by atoms with Gasteiger partial charge in [-0.3, -0.25) is 0 Å². The minimum atomic E-state index is -0.821. The molecule has 246 valence electrons. The largest absolute Gasteiger partial charge is 0.466 e. The van der Waals surface area contributed by atoms with Crippen molar-refractivity contribution in [2.24, 2.45) is 0 Å². The van der Waals surface area contributed by atoms with E-state index >= 15 is 0 Å². The van der Waals surface area contributed by atoms with E-state index in [2.05, 4.69) is 22.7 Å². The summed E-state index contributed by atoms with van der Waals surface area (Å²) >= 11 is 0. The van der Waals surface area contributed by atoms with Crippen molar-refractivity contribution in [2.75, 3.05) is 21.0 Å². The van der Waals surface area contributed by atoms with E-state index in [4.69, 9.17) is 23.7 Å². The van der Waals surface area contributed by atoms with Crippen LogP contribution in [0, 0.1) is 11.8 Å². The number of methoxy groups -OCH3 is 2. The van der Waals surface area contributed by atoms with Crippen LogP contribution in [0.1, 0.15) is 58.4 Å². The molecule has 1 heterocycles. The summed E-state index contributed by atoms with van der Waals surface area (Å²) in [7, 11) is 2.90. The van der Waals surface area contributed by atoms with E-state index in [0.717, 1.165) is 24.8 Å². The molecule has 1 saturated heterocycles. The number of esters is 1. The highest BCUT2D eigenvalue weighted by Crippen LogP contribution is 2.30. The Kier molecular flexibility index (Phi) is 18.7. The lowest BCUT2D eigenvalue weighted by Crippen LogP contribution is -2.48. The van der Waals surface area contributed by atoms with Crippen LogP contribution in [-0.4, -0.2) is 68.4 Å². The molecule has 0 aromatic heterocycles. The monoisotopic (exact) mass is 622 g/mol. The SMILES string of the molecule is COCO[C@H](/C=C/C#C[C@H](OCc1ccccc1)[C@H]1C[C@H](/C=C/C=C/CCC[C@@H](C)O)OC(C)(C)O1)C/C=C/C=C\C(=O)OC. The first-order chi connectivity index (χ1) is 21.7. The van der Waals surface area contributed by atoms with Crippen LogP contribution in [0.3, 0.4) is 0 Å². The third-order valence-corrected chi connectivity index (χ3v) is 6.58. The Labute approximate surface area is 269 Å². The smallest absolute Gasteiger partial charge is 0.330 e. The average molecular weight is 623 g/mol. The second kappa shape index (κ2) is 22.3. The number of allylic oxidation sites excluding steroid dienone is 6. The molecule has 0 unspecified atom stereocenters. The minimum absolute atomic E-state index is 0.133. The van der Waals surface area contributed by atoms with Gasteiger partial charge >= 0.3 is 5.97 Å². The normalized spacial score (nSPS) is 20.6. The van der Waals surface area contributed by atoms with Gasteiger partial charge in [0.15, 0.2) is 5.79 Å². The van der Waals surface area contributed by atoms with Crippen molar-refractivity contribution in [1.82, 2.24) is 0 Å². The highest BCUT2D eigenvalue weighted by Gasteiger charge is 2.38. The van der Waals surface area contributed by atoms with Gasteiger partial charge in [0.05, 0.1) is 32.0 Å². The minimum Gasteiger partial charge on any atom is -0.466 e. The first kappa shape index (κ1) is 37.9. The number of hydrogen-bond acceptors (Lipinski definition) is 8. The quantitative estimate of drug-likeness (QED) is 0.0505. The third-order valence-electron chi connectivity index (χ3n) is 6.58. The van der Waals surface area contributed by atoms with E-state index in [0.29, 0.717) is 19.4 Å². The number of rotatable bonds is 18. The second-order valence-electron chi connectivity index (χ2n) is 11.1. The summed E-state index contributed by atoms with van der Waals surface area (Å²) < 4.78 is 34.3. The lowest BCUT2D eigenvalue weighted by molar-refractivity contribution is -0.302. The fraction of sp³-hybridized carbons (Fsp3) is 0.486. The standard InChI is InChI=1S/C37H50O8/c1-30(38)19-11-7-6-8-14-24-33-27-35(45-37(2,3)44-33)34(42-28-31-20-12-9-13-21-31)25-18-17-23-32(43-29-40-4)22-15-10-16-26-36(39)41-5/h6,8-10,12-17,20-21,23-24,26,30,32-35,38H,7,11,19,22,27-29H2,1-5H3/b8-6+,15-10+,23-17+,24-14+,26-16-/t30-,32+,33+,34+,35-/m1/s1. The lowest BCUT2D eigenvalue weighted by Gasteiger charge is -2.41. The summed E-state index contributed by atoms with van der Waals surface area (Å²) in [5.41, 5.74) is 1.05. The van der Waals surface area contributed by atoms with Gasteiger partial charge in [-0.25, -0.2) is 4.79 Å². The highest BCUT2D eigenvalue weighted by atomic mass is 16.7. The van der Waals surface area contributed by atoms with Crippen molar-refractivity contribution in [3.8, 4) is 11.8 Å². The molecule has 0 amide bonds. The van der Waals surface area contributed by atoms with Crippen molar-refractivity contribution < 1.29 is 38.3 Å². The van der Waals surface area contributed by atoms with Crippen LogP contribution in [0.25, 0.3) is 0 Å². The Hall–Kier alpha value is -3.29. The molecule has 1 aliphatic rings. The maximum absolute atomic E-state index is 11.2. The number of benzene rings is 1. The molecule has 2 rings (SSSR count). The first-order valence-electron chi connectivity index (χ1n) is 15.4. The van der Waals surface area contributed by atoms with E-state index in [1.54, 1.807) is 25.3 Å². The van der Waals surface area contributed by atoms with Gasteiger partial charge in [-0.1, -0.05) is 84.7 Å². The molecule has 45 heavy (non-hydrogen) atoms. The van der Waals surface area contributed by atoms with Crippen molar-refractivity contribution in [3.63, 3.8) is 0 Å². The van der Waals surface area contributed by atoms with Crippen molar-refractivity contribution in [1.29, 1.82) is 0 Å². The van der Waals surface area contributed by atoms with E-state index in [9.17, 15) is 9.90 Å². The molecular formula is C37H50O8. The van der Waals surface area contributed by atoms with Crippen LogP contribution in [0.4, 0.5) is 0 Å². The van der Waals surface area contributed by atoms with Gasteiger partial charge in [0.1, 0.15) is 19.0 Å². The summed E-state index contributed by atoms with van der Waals surface area (Å²) in [6.07, 6.45) is 20.6. The Morgan fingerprint density at radius 2 is 1.87 bits per heavy atom. The number of aliphatic hydroxyl groups excluding tert-OH is 1. The van der Waals surface area contributed by atoms with Gasteiger partial charge in [0.25, 0.3) is 0 Å². The van der Waals surface area contributed by atoms with E-state index in [1.807, 2.05) is 81.5 Å². The zero-order chi connectivity index (χ0) is 32.8. The highest BCUT2D eigenvalue weighted by molar-refractivity contribution is 5.82. The Balaban J connectivity index is 2.14. The zero-order valence-electron chi connectivity index (χ0n) is 27.3. The molecular weight excluding hydrogens is 572 g/mol. The summed E-state index contributed by atoms with van der Waals surface area (Å²) in [4.78, 5) is 11.2. The molecule has 0 radical (unpaired) electrons. The van der Waals surface area contributed by atoms with E-state index in [-0.39, 0.29) is 31.2 Å². The fourth-order valence-corrected chi connectivity index (χ4v) is 4.42. The van der Waals surface area contributed by atoms with Crippen molar-refractivity contribution in [2.45, 2.75) is 95.8 Å². The molecule has 1 N–H and O–H groups in total. The lowest BCUT2D eigenvalue weighted by atomic mass is 10.0. The Morgan fingerprint density at radius 1 is 1.09 bits per heavy atom. The molecule has 8 heteroatoms. The molecule has 1 fully saturated rings. The van der Waals surface area contributed by atoms with Crippen LogP contribution >= 0.6 is 0 Å². The predicted octanol–water partition coefficient (Wildman–Crippen LogP) is 6.37. The van der Waals surface area contributed by atoms with Crippen LogP contribution in [0.5, 0.6) is 0 Å². The van der Waals surface area contributed by atoms with Gasteiger partial charge in [-0.2, -0.15) is 0 Å². The second-order valence-corrected chi connectivity index (χ2v) is 11.1. The maximum Gasteiger partial charge on any atom is 0.330 e. The van der Waals surface area contributed by atoms with Crippen LogP contribution in [0.15, 0.2) is 91.1 Å². The summed E-state index contributed by atoms with van der Waals surface area (Å²) in [5, 5.41) is 9.42. The van der Waals surface area contributed by atoms with Gasteiger partial charge in [0.2, 0.25) is 0 Å². The number of hydrogen-bond donors (Lipinski definition) is 1. The van der Waals surface area contributed by atoms with Gasteiger partial charge in [-0.05, 0) is 64.2 Å². The topological polar surface area (TPSA) is 92.7 Å². The van der Waals surface area contributed by atoms with Gasteiger partial charge in [0, 0.05) is 19.6 Å². The summed E-state index contributed by atoms with van der Waals surface area (Å²) in [6, 6.07) is 9.97. The zero-order valence-corrected chi connectivity index (χ0v) is 27.3. The first-order valence-corrected chi connectivity index (χ1v) is 15.4. The molecule has 8 nitrogen and oxygen atoms in total. The molecule has 5 atom stereocenters.